The van der Waals surface area contributed by atoms with Crippen molar-refractivity contribution in [3.05, 3.63) is 25.6 Å². The molecular formula is C15H18N2O3S3. The number of carboxylic acid groups (broad SMARTS) is 1. The summed E-state index contributed by atoms with van der Waals surface area (Å²) < 4.78 is 1.47. The molecule has 0 aromatic carbocycles. The van der Waals surface area contributed by atoms with Crippen LogP contribution in [0.2, 0.25) is 0 Å². The summed E-state index contributed by atoms with van der Waals surface area (Å²) in [7, 11) is 0. The summed E-state index contributed by atoms with van der Waals surface area (Å²) in [5.74, 6) is -0.345. The number of nitrogens with one attached hydrogen (secondary N) is 1. The fraction of sp³-hybridized carbons (Fsp3) is 0.533. The van der Waals surface area contributed by atoms with Crippen molar-refractivity contribution in [1.82, 2.24) is 9.55 Å². The number of hydrogen-bond donors (Lipinski definition) is 2. The minimum absolute atomic E-state index is 0.203. The molecule has 2 heterocycles. The zero-order valence-corrected chi connectivity index (χ0v) is 15.2. The lowest BCUT2D eigenvalue weighted by Crippen LogP contribution is -2.32. The zero-order valence-electron chi connectivity index (χ0n) is 12.8. The number of aromatic nitrogens is 2. The molecule has 5 nitrogen and oxygen atoms in total. The standard InChI is InChI=1S/C15H18N2O3S3/c1-22-7-6-9(14(19)20)17-13(18)11-8-4-2-3-5-10(8)23-12(11)16-15(17)21/h9H,2-7H2,1H3,(H,16,21)(H,19,20)/t9-/m0/s1. The highest BCUT2D eigenvalue weighted by Gasteiger charge is 2.26. The predicted molar refractivity (Wildman–Crippen MR) is 97.6 cm³/mol. The fourth-order valence-corrected chi connectivity index (χ4v) is 5.24. The first-order valence-electron chi connectivity index (χ1n) is 7.55. The van der Waals surface area contributed by atoms with Gasteiger partial charge in [0, 0.05) is 4.88 Å². The molecule has 0 unspecified atom stereocenters. The molecule has 0 bridgehead atoms. The second kappa shape index (κ2) is 6.78. The van der Waals surface area contributed by atoms with Crippen molar-refractivity contribution >= 4 is 51.5 Å². The zero-order chi connectivity index (χ0) is 16.6. The third-order valence-corrected chi connectivity index (χ3v) is 6.39. The van der Waals surface area contributed by atoms with E-state index in [1.807, 2.05) is 6.26 Å². The van der Waals surface area contributed by atoms with Gasteiger partial charge >= 0.3 is 5.97 Å². The Bertz CT molecular complexity index is 865. The Hall–Kier alpha value is -1.12. The van der Waals surface area contributed by atoms with Crippen LogP contribution in [0.4, 0.5) is 0 Å². The van der Waals surface area contributed by atoms with E-state index in [-0.39, 0.29) is 10.3 Å². The van der Waals surface area contributed by atoms with Crippen molar-refractivity contribution < 1.29 is 9.90 Å². The van der Waals surface area contributed by atoms with Gasteiger partial charge in [0.15, 0.2) is 4.77 Å². The largest absolute Gasteiger partial charge is 0.480 e. The van der Waals surface area contributed by atoms with Gasteiger partial charge in [-0.3, -0.25) is 9.36 Å². The molecule has 0 radical (unpaired) electrons. The maximum atomic E-state index is 13.0. The summed E-state index contributed by atoms with van der Waals surface area (Å²) in [6.45, 7) is 0. The molecule has 1 aliphatic rings. The summed E-state index contributed by atoms with van der Waals surface area (Å²) in [4.78, 5) is 29.8. The SMILES string of the molecule is CSCC[C@@H](C(=O)O)n1c(=S)[nH]c2sc3c(c2c1=O)CCCC3. The minimum Gasteiger partial charge on any atom is -0.480 e. The molecule has 0 saturated carbocycles. The van der Waals surface area contributed by atoms with Gasteiger partial charge in [-0.2, -0.15) is 11.8 Å². The maximum absolute atomic E-state index is 13.0. The van der Waals surface area contributed by atoms with Crippen LogP contribution in [0.25, 0.3) is 10.2 Å². The molecule has 0 fully saturated rings. The number of aromatic amines is 1. The molecule has 2 N–H and O–H groups in total. The lowest BCUT2D eigenvalue weighted by atomic mass is 9.97. The van der Waals surface area contributed by atoms with Crippen LogP contribution in [0, 0.1) is 4.77 Å². The first-order valence-corrected chi connectivity index (χ1v) is 10.2. The van der Waals surface area contributed by atoms with Crippen molar-refractivity contribution in [2.75, 3.05) is 12.0 Å². The number of thiophene rings is 1. The van der Waals surface area contributed by atoms with Crippen molar-refractivity contribution in [1.29, 1.82) is 0 Å². The van der Waals surface area contributed by atoms with E-state index in [4.69, 9.17) is 12.2 Å². The third kappa shape index (κ3) is 2.99. The summed E-state index contributed by atoms with van der Waals surface area (Å²) in [5, 5.41) is 10.2. The molecule has 2 aromatic rings. The van der Waals surface area contributed by atoms with Crippen LogP contribution in [0.5, 0.6) is 0 Å². The lowest BCUT2D eigenvalue weighted by molar-refractivity contribution is -0.141. The van der Waals surface area contributed by atoms with Gasteiger partial charge in [0.2, 0.25) is 0 Å². The van der Waals surface area contributed by atoms with Crippen molar-refractivity contribution in [3.63, 3.8) is 0 Å². The first kappa shape index (κ1) is 16.7. The second-order valence-electron chi connectivity index (χ2n) is 5.66. The average Bonchev–Trinajstić information content (AvgIpc) is 2.88. The Kier molecular flexibility index (Phi) is 4.93. The maximum Gasteiger partial charge on any atom is 0.326 e. The Morgan fingerprint density at radius 3 is 2.91 bits per heavy atom. The van der Waals surface area contributed by atoms with Gasteiger partial charge in [-0.25, -0.2) is 4.79 Å². The average molecular weight is 371 g/mol. The molecule has 1 atom stereocenters. The third-order valence-electron chi connectivity index (χ3n) is 4.24. The molecule has 124 valence electrons. The molecule has 0 aliphatic heterocycles. The van der Waals surface area contributed by atoms with Crippen molar-refractivity contribution in [2.45, 2.75) is 38.1 Å². The van der Waals surface area contributed by atoms with Crippen LogP contribution in [0.15, 0.2) is 4.79 Å². The van der Waals surface area contributed by atoms with Gasteiger partial charge in [-0.05, 0) is 61.9 Å². The van der Waals surface area contributed by atoms with E-state index < -0.39 is 12.0 Å². The first-order chi connectivity index (χ1) is 11.0. The van der Waals surface area contributed by atoms with E-state index in [9.17, 15) is 14.7 Å². The van der Waals surface area contributed by atoms with Gasteiger partial charge in [-0.1, -0.05) is 0 Å². The summed E-state index contributed by atoms with van der Waals surface area (Å²) in [5.41, 5.74) is 0.840. The summed E-state index contributed by atoms with van der Waals surface area (Å²) in [6.07, 6.45) is 6.39. The quantitative estimate of drug-likeness (QED) is 0.789. The molecular weight excluding hydrogens is 352 g/mol. The van der Waals surface area contributed by atoms with Gasteiger partial charge in [0.05, 0.1) is 5.39 Å². The highest BCUT2D eigenvalue weighted by Crippen LogP contribution is 2.33. The molecule has 0 amide bonds. The number of thioether (sulfide) groups is 1. The Morgan fingerprint density at radius 1 is 1.48 bits per heavy atom. The van der Waals surface area contributed by atoms with E-state index in [1.54, 1.807) is 23.1 Å². The minimum atomic E-state index is -1.01. The molecule has 8 heteroatoms. The molecule has 0 spiro atoms. The number of rotatable bonds is 5. The number of hydrogen-bond acceptors (Lipinski definition) is 5. The van der Waals surface area contributed by atoms with Crippen LogP contribution in [-0.2, 0) is 17.6 Å². The molecule has 1 aliphatic carbocycles. The van der Waals surface area contributed by atoms with Crippen LogP contribution >= 0.6 is 35.3 Å². The van der Waals surface area contributed by atoms with Gasteiger partial charge in [-0.15, -0.1) is 11.3 Å². The predicted octanol–water partition coefficient (Wildman–Crippen LogP) is 3.38. The van der Waals surface area contributed by atoms with E-state index in [2.05, 4.69) is 4.98 Å². The number of aliphatic carboxylic acids is 1. The topological polar surface area (TPSA) is 75.1 Å². The van der Waals surface area contributed by atoms with Crippen LogP contribution in [0.3, 0.4) is 0 Å². The smallest absolute Gasteiger partial charge is 0.326 e. The van der Waals surface area contributed by atoms with Gasteiger partial charge in [0.1, 0.15) is 10.9 Å². The highest BCUT2D eigenvalue weighted by molar-refractivity contribution is 7.98. The summed E-state index contributed by atoms with van der Waals surface area (Å²) >= 11 is 8.45. The Labute approximate surface area is 146 Å². The normalized spacial score (nSPS) is 15.5. The van der Waals surface area contributed by atoms with E-state index in [1.165, 1.54) is 9.44 Å². The van der Waals surface area contributed by atoms with E-state index in [0.717, 1.165) is 36.1 Å². The molecule has 23 heavy (non-hydrogen) atoms. The number of carboxylic acids is 1. The van der Waals surface area contributed by atoms with Gasteiger partial charge in [0.25, 0.3) is 5.56 Å². The van der Waals surface area contributed by atoms with Crippen molar-refractivity contribution in [3.8, 4) is 0 Å². The van der Waals surface area contributed by atoms with E-state index >= 15 is 0 Å². The van der Waals surface area contributed by atoms with Crippen LogP contribution < -0.4 is 5.56 Å². The Balaban J connectivity index is 2.22. The number of carbonyl (C=O) groups is 1. The van der Waals surface area contributed by atoms with Crippen LogP contribution in [0.1, 0.15) is 35.7 Å². The summed E-state index contributed by atoms with van der Waals surface area (Å²) in [6, 6.07) is -0.915. The molecule has 0 saturated heterocycles. The molecule has 3 rings (SSSR count). The monoisotopic (exact) mass is 370 g/mol. The van der Waals surface area contributed by atoms with Crippen LogP contribution in [-0.4, -0.2) is 32.6 Å². The fourth-order valence-electron chi connectivity index (χ4n) is 3.13. The van der Waals surface area contributed by atoms with Gasteiger partial charge < -0.3 is 10.1 Å². The van der Waals surface area contributed by atoms with Crippen molar-refractivity contribution in [2.24, 2.45) is 0 Å². The number of H-pyrrole nitrogens is 1. The Morgan fingerprint density at radius 2 is 2.22 bits per heavy atom. The highest BCUT2D eigenvalue weighted by atomic mass is 32.2. The molecule has 2 aromatic heterocycles. The van der Waals surface area contributed by atoms with E-state index in [0.29, 0.717) is 17.6 Å². The number of fused-ring (bicyclic) bond motifs is 3. The lowest BCUT2D eigenvalue weighted by Gasteiger charge is -2.16. The number of nitrogens with zero attached hydrogens (tertiary/aromatic N) is 1. The number of aryl methyl sites for hydroxylation is 2. The second-order valence-corrected chi connectivity index (χ2v) is 8.13.